The van der Waals surface area contributed by atoms with Gasteiger partial charge in [-0.3, -0.25) is 9.78 Å². The molecule has 1 aliphatic heterocycles. The number of hydrogen-bond acceptors (Lipinski definition) is 5. The largest absolute Gasteiger partial charge is 0.459 e. The summed E-state index contributed by atoms with van der Waals surface area (Å²) < 4.78 is 5.40. The molecule has 0 radical (unpaired) electrons. The molecule has 26 heavy (non-hydrogen) atoms. The molecule has 134 valence electrons. The van der Waals surface area contributed by atoms with Crippen LogP contribution in [0.5, 0.6) is 0 Å². The van der Waals surface area contributed by atoms with Gasteiger partial charge in [0, 0.05) is 66.6 Å². The minimum Gasteiger partial charge on any atom is -0.459 e. The zero-order chi connectivity index (χ0) is 18.1. The maximum Gasteiger partial charge on any atom is 0.290 e. The number of piperazine rings is 1. The predicted octanol–water partition coefficient (Wildman–Crippen LogP) is 2.64. The quantitative estimate of drug-likeness (QED) is 0.786. The van der Waals surface area contributed by atoms with Gasteiger partial charge in [-0.2, -0.15) is 0 Å². The molecule has 1 unspecified atom stereocenters. The summed E-state index contributed by atoms with van der Waals surface area (Å²) in [6, 6.07) is 10.1. The number of aromatic nitrogens is 1. The minimum absolute atomic E-state index is 0.0732. The van der Waals surface area contributed by atoms with Crippen molar-refractivity contribution in [3.63, 3.8) is 0 Å². The van der Waals surface area contributed by atoms with Gasteiger partial charge >= 0.3 is 0 Å². The van der Waals surface area contributed by atoms with E-state index in [-0.39, 0.29) is 11.9 Å². The summed E-state index contributed by atoms with van der Waals surface area (Å²) in [6.45, 7) is 4.56. The van der Waals surface area contributed by atoms with Crippen molar-refractivity contribution in [2.24, 2.45) is 5.73 Å². The molecule has 6 heteroatoms. The number of furan rings is 1. The van der Waals surface area contributed by atoms with Crippen LogP contribution in [0, 0.1) is 0 Å². The molecule has 1 fully saturated rings. The van der Waals surface area contributed by atoms with E-state index < -0.39 is 0 Å². The van der Waals surface area contributed by atoms with Gasteiger partial charge in [-0.05, 0) is 25.1 Å². The van der Waals surface area contributed by atoms with Gasteiger partial charge in [0.15, 0.2) is 5.76 Å². The topological polar surface area (TPSA) is 75.6 Å². The van der Waals surface area contributed by atoms with E-state index in [4.69, 9.17) is 10.2 Å². The van der Waals surface area contributed by atoms with Crippen molar-refractivity contribution in [2.45, 2.75) is 19.5 Å². The van der Waals surface area contributed by atoms with Gasteiger partial charge in [0.05, 0.1) is 6.26 Å². The van der Waals surface area contributed by atoms with Crippen molar-refractivity contribution in [2.75, 3.05) is 24.5 Å². The maximum atomic E-state index is 12.9. The summed E-state index contributed by atoms with van der Waals surface area (Å²) in [4.78, 5) is 21.3. The summed E-state index contributed by atoms with van der Waals surface area (Å²) in [5.41, 5.74) is 7.64. The number of carbonyl (C=O) groups is 1. The predicted molar refractivity (Wildman–Crippen MR) is 101 cm³/mol. The van der Waals surface area contributed by atoms with Crippen LogP contribution in [0.2, 0.25) is 0 Å². The van der Waals surface area contributed by atoms with Gasteiger partial charge < -0.3 is 20.0 Å². The molecule has 4 rings (SSSR count). The van der Waals surface area contributed by atoms with Crippen molar-refractivity contribution < 1.29 is 9.21 Å². The fourth-order valence-electron chi connectivity index (χ4n) is 3.67. The molecule has 2 aromatic heterocycles. The second-order valence-electron chi connectivity index (χ2n) is 6.65. The molecule has 1 amide bonds. The van der Waals surface area contributed by atoms with E-state index in [1.165, 1.54) is 17.3 Å². The normalized spacial score (nSPS) is 17.7. The van der Waals surface area contributed by atoms with Gasteiger partial charge in [-0.25, -0.2) is 0 Å². The van der Waals surface area contributed by atoms with Gasteiger partial charge in [-0.15, -0.1) is 0 Å². The highest BCUT2D eigenvalue weighted by atomic mass is 16.3. The van der Waals surface area contributed by atoms with E-state index in [9.17, 15) is 4.79 Å². The Labute approximate surface area is 152 Å². The highest BCUT2D eigenvalue weighted by Crippen LogP contribution is 2.28. The fourth-order valence-corrected chi connectivity index (χ4v) is 3.67. The molecule has 0 bridgehead atoms. The number of hydrogen-bond donors (Lipinski definition) is 1. The van der Waals surface area contributed by atoms with Crippen molar-refractivity contribution in [3.8, 4) is 0 Å². The molecular formula is C20H22N4O2. The number of anilines is 1. The van der Waals surface area contributed by atoms with Gasteiger partial charge in [0.25, 0.3) is 5.91 Å². The molecule has 6 nitrogen and oxygen atoms in total. The van der Waals surface area contributed by atoms with Crippen LogP contribution in [-0.2, 0) is 6.54 Å². The lowest BCUT2D eigenvalue weighted by Crippen LogP contribution is -2.54. The third-order valence-electron chi connectivity index (χ3n) is 5.05. The van der Waals surface area contributed by atoms with E-state index in [0.29, 0.717) is 18.8 Å². The molecular weight excluding hydrogens is 328 g/mol. The first-order valence-corrected chi connectivity index (χ1v) is 8.84. The molecule has 1 atom stereocenters. The SMILES string of the molecule is CC1CN(c2cccc3cnccc23)CCN1C(=O)c1occc1CN. The molecule has 0 spiro atoms. The third-order valence-corrected chi connectivity index (χ3v) is 5.05. The van der Waals surface area contributed by atoms with E-state index in [1.807, 2.05) is 23.4 Å². The number of pyridine rings is 1. The van der Waals surface area contributed by atoms with Crippen LogP contribution < -0.4 is 10.6 Å². The Morgan fingerprint density at radius 2 is 2.19 bits per heavy atom. The number of fused-ring (bicyclic) bond motifs is 1. The van der Waals surface area contributed by atoms with E-state index in [0.717, 1.165) is 24.0 Å². The average Bonchev–Trinajstić information content (AvgIpc) is 3.16. The Bertz CT molecular complexity index is 931. The van der Waals surface area contributed by atoms with E-state index >= 15 is 0 Å². The second-order valence-corrected chi connectivity index (χ2v) is 6.65. The molecule has 0 saturated carbocycles. The number of nitrogens with two attached hydrogens (primary N) is 1. The Morgan fingerprint density at radius 1 is 1.31 bits per heavy atom. The second kappa shape index (κ2) is 6.80. The summed E-state index contributed by atoms with van der Waals surface area (Å²) in [7, 11) is 0. The van der Waals surface area contributed by atoms with Crippen LogP contribution in [0.1, 0.15) is 23.0 Å². The Morgan fingerprint density at radius 3 is 3.00 bits per heavy atom. The third kappa shape index (κ3) is 2.82. The maximum absolute atomic E-state index is 12.9. The van der Waals surface area contributed by atoms with Crippen LogP contribution in [-0.4, -0.2) is 41.5 Å². The molecule has 2 N–H and O–H groups in total. The zero-order valence-electron chi connectivity index (χ0n) is 14.8. The average molecular weight is 350 g/mol. The molecule has 1 aliphatic rings. The molecule has 0 aliphatic carbocycles. The number of amides is 1. The molecule has 3 aromatic rings. The van der Waals surface area contributed by atoms with Crippen molar-refractivity contribution in [1.82, 2.24) is 9.88 Å². The molecule has 1 saturated heterocycles. The van der Waals surface area contributed by atoms with Crippen LogP contribution in [0.15, 0.2) is 53.4 Å². The summed E-state index contributed by atoms with van der Waals surface area (Å²) in [6.07, 6.45) is 5.23. The first-order valence-electron chi connectivity index (χ1n) is 8.84. The number of carbonyl (C=O) groups excluding carboxylic acids is 1. The Balaban J connectivity index is 1.56. The van der Waals surface area contributed by atoms with Gasteiger partial charge in [0.2, 0.25) is 0 Å². The first-order chi connectivity index (χ1) is 12.7. The minimum atomic E-state index is -0.0790. The lowest BCUT2D eigenvalue weighted by molar-refractivity contribution is 0.0640. The van der Waals surface area contributed by atoms with Crippen molar-refractivity contribution in [3.05, 3.63) is 60.3 Å². The van der Waals surface area contributed by atoms with Gasteiger partial charge in [0.1, 0.15) is 0 Å². The van der Waals surface area contributed by atoms with Crippen LogP contribution in [0.25, 0.3) is 10.8 Å². The number of rotatable bonds is 3. The standard InChI is InChI=1S/C20H22N4O2/c1-14-13-23(18-4-2-3-16-12-22-7-5-17(16)18)8-9-24(14)20(25)19-15(11-21)6-10-26-19/h2-7,10,12,14H,8-9,11,13,21H2,1H3. The fraction of sp³-hybridized carbons (Fsp3) is 0.300. The summed E-state index contributed by atoms with van der Waals surface area (Å²) >= 11 is 0. The summed E-state index contributed by atoms with van der Waals surface area (Å²) in [5.74, 6) is 0.286. The Kier molecular flexibility index (Phi) is 4.34. The van der Waals surface area contributed by atoms with Crippen molar-refractivity contribution in [1.29, 1.82) is 0 Å². The van der Waals surface area contributed by atoms with E-state index in [2.05, 4.69) is 35.0 Å². The van der Waals surface area contributed by atoms with Crippen molar-refractivity contribution >= 4 is 22.4 Å². The van der Waals surface area contributed by atoms with Crippen LogP contribution >= 0.6 is 0 Å². The number of nitrogens with zero attached hydrogens (tertiary/aromatic N) is 3. The lowest BCUT2D eigenvalue weighted by Gasteiger charge is -2.41. The highest BCUT2D eigenvalue weighted by molar-refractivity contribution is 5.95. The summed E-state index contributed by atoms with van der Waals surface area (Å²) in [5, 5.41) is 2.31. The van der Waals surface area contributed by atoms with Crippen LogP contribution in [0.4, 0.5) is 5.69 Å². The molecule has 1 aromatic carbocycles. The molecule has 3 heterocycles. The van der Waals surface area contributed by atoms with E-state index in [1.54, 1.807) is 6.07 Å². The zero-order valence-corrected chi connectivity index (χ0v) is 14.8. The smallest absolute Gasteiger partial charge is 0.290 e. The first kappa shape index (κ1) is 16.6. The number of benzene rings is 1. The monoisotopic (exact) mass is 350 g/mol. The lowest BCUT2D eigenvalue weighted by atomic mass is 10.1. The van der Waals surface area contributed by atoms with Crippen LogP contribution in [0.3, 0.4) is 0 Å². The Hall–Kier alpha value is -2.86. The van der Waals surface area contributed by atoms with Gasteiger partial charge in [-0.1, -0.05) is 12.1 Å². The highest BCUT2D eigenvalue weighted by Gasteiger charge is 2.31.